The van der Waals surface area contributed by atoms with Gasteiger partial charge in [-0.25, -0.2) is 4.99 Å². The molecule has 2 aliphatic rings. The smallest absolute Gasteiger partial charge is 0.271 e. The number of aryl methyl sites for hydroxylation is 1. The number of fused-ring (bicyclic) bond motifs is 1. The van der Waals surface area contributed by atoms with Crippen LogP contribution < -0.4 is 9.80 Å². The molecule has 0 radical (unpaired) electrons. The van der Waals surface area contributed by atoms with Crippen LogP contribution in [0, 0.1) is 6.92 Å². The highest BCUT2D eigenvalue weighted by Gasteiger charge is 2.37. The number of benzene rings is 3. The Balaban J connectivity index is 1.57. The van der Waals surface area contributed by atoms with Crippen LogP contribution in [0.3, 0.4) is 0 Å². The topological polar surface area (TPSA) is 35.9 Å². The van der Waals surface area contributed by atoms with Crippen molar-refractivity contribution in [1.29, 1.82) is 0 Å². The minimum absolute atomic E-state index is 0.0395. The number of carbonyl (C=O) groups is 1. The minimum Gasteiger partial charge on any atom is -0.366 e. The molecular weight excluding hydrogens is 462 g/mol. The van der Waals surface area contributed by atoms with Gasteiger partial charge in [-0.15, -0.1) is 0 Å². The number of aliphatic imine (C=N–C) groups is 1. The van der Waals surface area contributed by atoms with E-state index < -0.39 is 0 Å². The Kier molecular flexibility index (Phi) is 6.52. The zero-order valence-electron chi connectivity index (χ0n) is 21.7. The summed E-state index contributed by atoms with van der Waals surface area (Å²) in [6.45, 7) is 12.3. The maximum Gasteiger partial charge on any atom is 0.271 e. The summed E-state index contributed by atoms with van der Waals surface area (Å²) in [5.74, 6) is 0.417. The van der Waals surface area contributed by atoms with Crippen LogP contribution in [0.4, 0.5) is 17.1 Å². The molecule has 3 aromatic rings. The number of anilines is 2. The van der Waals surface area contributed by atoms with Gasteiger partial charge in [0.2, 0.25) is 0 Å². The molecule has 3 aromatic carbocycles. The Bertz CT molecular complexity index is 1340. The van der Waals surface area contributed by atoms with E-state index in [2.05, 4.69) is 57.7 Å². The third kappa shape index (κ3) is 4.48. The summed E-state index contributed by atoms with van der Waals surface area (Å²) in [7, 11) is 0. The van der Waals surface area contributed by atoms with E-state index in [9.17, 15) is 4.79 Å². The van der Waals surface area contributed by atoms with Gasteiger partial charge in [0, 0.05) is 17.8 Å². The average molecular weight is 496 g/mol. The average Bonchev–Trinajstić information content (AvgIpc) is 3.15. The molecule has 4 nitrogen and oxygen atoms in total. The monoisotopic (exact) mass is 495 g/mol. The number of amides is 1. The van der Waals surface area contributed by atoms with Crippen molar-refractivity contribution in [3.63, 3.8) is 0 Å². The lowest BCUT2D eigenvalue weighted by Crippen LogP contribution is -2.48. The van der Waals surface area contributed by atoms with Crippen molar-refractivity contribution in [2.75, 3.05) is 16.3 Å². The lowest BCUT2D eigenvalue weighted by Gasteiger charge is -2.47. The first-order chi connectivity index (χ1) is 17.3. The summed E-state index contributed by atoms with van der Waals surface area (Å²) in [4.78, 5) is 23.5. The number of hydrogen-bond acceptors (Lipinski definition) is 4. The lowest BCUT2D eigenvalue weighted by atomic mass is 9.79. The van der Waals surface area contributed by atoms with E-state index in [1.54, 1.807) is 4.90 Å². The minimum atomic E-state index is -0.0395. The zero-order chi connectivity index (χ0) is 25.4. The first-order valence-corrected chi connectivity index (χ1v) is 13.4. The molecule has 1 amide bonds. The highest BCUT2D eigenvalue weighted by molar-refractivity contribution is 8.19. The summed E-state index contributed by atoms with van der Waals surface area (Å²) >= 11 is 1.44. The van der Waals surface area contributed by atoms with E-state index in [1.807, 2.05) is 60.7 Å². The second-order valence-corrected chi connectivity index (χ2v) is 11.3. The number of nitrogens with zero attached hydrogens (tertiary/aromatic N) is 3. The van der Waals surface area contributed by atoms with Crippen molar-refractivity contribution >= 4 is 46.0 Å². The fraction of sp³-hybridized carbons (Fsp3) is 0.290. The molecule has 0 aliphatic carbocycles. The van der Waals surface area contributed by atoms with Crippen molar-refractivity contribution in [3.05, 3.63) is 94.4 Å². The molecule has 0 unspecified atom stereocenters. The van der Waals surface area contributed by atoms with Crippen LogP contribution in [-0.2, 0) is 4.79 Å². The largest absolute Gasteiger partial charge is 0.366 e. The number of rotatable bonds is 4. The molecule has 0 N–H and O–H groups in total. The van der Waals surface area contributed by atoms with Crippen LogP contribution >= 0.6 is 11.8 Å². The summed E-state index contributed by atoms with van der Waals surface area (Å²) in [5, 5.41) is 0.673. The van der Waals surface area contributed by atoms with Gasteiger partial charge in [0.25, 0.3) is 5.91 Å². The summed E-state index contributed by atoms with van der Waals surface area (Å²) in [5.41, 5.74) is 6.74. The van der Waals surface area contributed by atoms with Crippen LogP contribution in [0.1, 0.15) is 56.7 Å². The second-order valence-electron chi connectivity index (χ2n) is 10.2. The molecule has 2 heterocycles. The van der Waals surface area contributed by atoms with Crippen LogP contribution in [0.25, 0.3) is 6.08 Å². The predicted molar refractivity (Wildman–Crippen MR) is 154 cm³/mol. The van der Waals surface area contributed by atoms with Gasteiger partial charge >= 0.3 is 0 Å². The highest BCUT2D eigenvalue weighted by atomic mass is 32.2. The predicted octanol–water partition coefficient (Wildman–Crippen LogP) is 7.92. The summed E-state index contributed by atoms with van der Waals surface area (Å²) in [6, 6.07) is 24.2. The molecule has 5 rings (SSSR count). The van der Waals surface area contributed by atoms with Crippen molar-refractivity contribution in [2.24, 2.45) is 4.99 Å². The third-order valence-electron chi connectivity index (χ3n) is 7.18. The van der Waals surface area contributed by atoms with Gasteiger partial charge in [-0.3, -0.25) is 9.69 Å². The van der Waals surface area contributed by atoms with Crippen molar-refractivity contribution < 1.29 is 4.79 Å². The normalized spacial score (nSPS) is 21.4. The Morgan fingerprint density at radius 1 is 1.06 bits per heavy atom. The zero-order valence-corrected chi connectivity index (χ0v) is 22.5. The first-order valence-electron chi connectivity index (χ1n) is 12.6. The third-order valence-corrected chi connectivity index (χ3v) is 8.15. The van der Waals surface area contributed by atoms with Gasteiger partial charge < -0.3 is 4.90 Å². The molecule has 0 aromatic heterocycles. The molecule has 1 saturated heterocycles. The number of hydrogen-bond donors (Lipinski definition) is 0. The fourth-order valence-electron chi connectivity index (χ4n) is 5.51. The Hall–Kier alpha value is -3.31. The van der Waals surface area contributed by atoms with Crippen molar-refractivity contribution in [2.45, 2.75) is 52.5 Å². The number of amidine groups is 1. The van der Waals surface area contributed by atoms with Crippen LogP contribution in [0.15, 0.2) is 82.7 Å². The van der Waals surface area contributed by atoms with E-state index in [4.69, 9.17) is 4.99 Å². The summed E-state index contributed by atoms with van der Waals surface area (Å²) in [6.07, 6.45) is 3.16. The van der Waals surface area contributed by atoms with Gasteiger partial charge in [-0.1, -0.05) is 43.3 Å². The highest BCUT2D eigenvalue weighted by Crippen LogP contribution is 2.45. The molecule has 0 saturated carbocycles. The van der Waals surface area contributed by atoms with Gasteiger partial charge in [0.1, 0.15) is 0 Å². The Labute approximate surface area is 218 Å². The van der Waals surface area contributed by atoms with E-state index >= 15 is 0 Å². The maximum absolute atomic E-state index is 13.7. The quantitative estimate of drug-likeness (QED) is 0.345. The lowest BCUT2D eigenvalue weighted by molar-refractivity contribution is -0.113. The van der Waals surface area contributed by atoms with E-state index in [-0.39, 0.29) is 11.4 Å². The van der Waals surface area contributed by atoms with Crippen molar-refractivity contribution in [3.8, 4) is 0 Å². The molecule has 36 heavy (non-hydrogen) atoms. The SMILES string of the molecule is CCN1c2cc(C)c(/C=C3\SC(=Nc4ccccc4)N(c4ccccc4)C3=O)cc2[C@H](C)CC1(C)C. The second kappa shape index (κ2) is 9.62. The molecule has 1 atom stereocenters. The molecule has 2 aliphatic heterocycles. The first kappa shape index (κ1) is 24.4. The standard InChI is InChI=1S/C31H33N3OS/c1-6-33-27-17-21(2)23(18-26(27)22(3)20-31(33,4)5)19-28-29(35)34(25-15-11-8-12-16-25)30(36-28)32-24-13-9-7-10-14-24/h7-19,22H,6,20H2,1-5H3/b28-19-,32-30?/t22-/m1/s1. The molecule has 184 valence electrons. The van der Waals surface area contributed by atoms with Gasteiger partial charge in [0.05, 0.1) is 16.3 Å². The van der Waals surface area contributed by atoms with Crippen LogP contribution in [-0.4, -0.2) is 23.2 Å². The van der Waals surface area contributed by atoms with E-state index in [1.165, 1.54) is 28.6 Å². The fourth-order valence-corrected chi connectivity index (χ4v) is 6.50. The Morgan fingerprint density at radius 3 is 2.39 bits per heavy atom. The van der Waals surface area contributed by atoms with E-state index in [0.717, 1.165) is 29.9 Å². The van der Waals surface area contributed by atoms with Gasteiger partial charge in [-0.2, -0.15) is 0 Å². The van der Waals surface area contributed by atoms with Crippen LogP contribution in [0.5, 0.6) is 0 Å². The van der Waals surface area contributed by atoms with Gasteiger partial charge in [0.15, 0.2) is 5.17 Å². The van der Waals surface area contributed by atoms with E-state index in [0.29, 0.717) is 16.0 Å². The molecule has 0 bridgehead atoms. The molecular formula is C31H33N3OS. The number of carbonyl (C=O) groups excluding carboxylic acids is 1. The Morgan fingerprint density at radius 2 is 1.72 bits per heavy atom. The van der Waals surface area contributed by atoms with Crippen LogP contribution in [0.2, 0.25) is 0 Å². The van der Waals surface area contributed by atoms with Gasteiger partial charge in [-0.05, 0) is 111 Å². The molecule has 5 heteroatoms. The number of para-hydroxylation sites is 2. The maximum atomic E-state index is 13.7. The summed E-state index contributed by atoms with van der Waals surface area (Å²) < 4.78 is 0. The van der Waals surface area contributed by atoms with Crippen molar-refractivity contribution in [1.82, 2.24) is 0 Å². The number of thioether (sulfide) groups is 1. The molecule has 0 spiro atoms. The molecule has 1 fully saturated rings.